The van der Waals surface area contributed by atoms with Gasteiger partial charge in [-0.05, 0) is 61.1 Å². The molecular formula is C28H30N4. The Labute approximate surface area is 190 Å². The molecule has 32 heavy (non-hydrogen) atoms. The van der Waals surface area contributed by atoms with Crippen LogP contribution in [0, 0.1) is 5.92 Å². The third-order valence-corrected chi connectivity index (χ3v) is 6.33. The van der Waals surface area contributed by atoms with E-state index in [-0.39, 0.29) is 0 Å². The molecule has 4 heteroatoms. The van der Waals surface area contributed by atoms with E-state index in [2.05, 4.69) is 59.5 Å². The predicted molar refractivity (Wildman–Crippen MR) is 131 cm³/mol. The first-order chi connectivity index (χ1) is 15.7. The van der Waals surface area contributed by atoms with Gasteiger partial charge in [0, 0.05) is 35.1 Å². The molecule has 1 unspecified atom stereocenters. The highest BCUT2D eigenvalue weighted by atomic mass is 14.9. The summed E-state index contributed by atoms with van der Waals surface area (Å²) in [6, 6.07) is 21.7. The van der Waals surface area contributed by atoms with Crippen LogP contribution in [0.4, 0.5) is 0 Å². The number of hydrogen-bond donors (Lipinski definition) is 2. The van der Waals surface area contributed by atoms with Gasteiger partial charge in [-0.2, -0.15) is 0 Å². The first-order valence-electron chi connectivity index (χ1n) is 11.6. The Bertz CT molecular complexity index is 1180. The molecule has 4 aromatic rings. The summed E-state index contributed by atoms with van der Waals surface area (Å²) >= 11 is 0. The summed E-state index contributed by atoms with van der Waals surface area (Å²) in [5.74, 6) is 1.62. The molecule has 4 nitrogen and oxygen atoms in total. The van der Waals surface area contributed by atoms with E-state index >= 15 is 0 Å². The number of imidazole rings is 1. The van der Waals surface area contributed by atoms with Crippen molar-refractivity contribution in [1.82, 2.24) is 20.3 Å². The molecule has 0 saturated heterocycles. The molecule has 2 aromatic heterocycles. The van der Waals surface area contributed by atoms with Gasteiger partial charge in [0.15, 0.2) is 0 Å². The number of nitrogens with zero attached hydrogens (tertiary/aromatic N) is 2. The fraction of sp³-hybridized carbons (Fsp3) is 0.286. The van der Waals surface area contributed by atoms with Crippen LogP contribution in [0.5, 0.6) is 0 Å². The van der Waals surface area contributed by atoms with Gasteiger partial charge in [0.05, 0.1) is 11.4 Å². The molecule has 2 aromatic carbocycles. The average molecular weight is 423 g/mol. The highest BCUT2D eigenvalue weighted by Crippen LogP contribution is 2.37. The standard InChI is InChI=1S/C28H30N4/c1-19(2)12-17-30-25-11-9-22-18-23(8-10-24(22)25)27-26(20-13-15-29-16-14-20)31-28(32-27)21-6-4-3-5-7-21/h3-8,10,13-16,18-19,25,30H,9,11-12,17H2,1-2H3,(H,31,32). The minimum atomic E-state index is 0.469. The van der Waals surface area contributed by atoms with Gasteiger partial charge < -0.3 is 10.3 Å². The molecule has 0 fully saturated rings. The largest absolute Gasteiger partial charge is 0.337 e. The Morgan fingerprint density at radius 3 is 2.56 bits per heavy atom. The first-order valence-corrected chi connectivity index (χ1v) is 11.6. The number of nitrogens with one attached hydrogen (secondary N) is 2. The quantitative estimate of drug-likeness (QED) is 0.361. The van der Waals surface area contributed by atoms with Crippen molar-refractivity contribution in [3.8, 4) is 33.9 Å². The smallest absolute Gasteiger partial charge is 0.138 e. The van der Waals surface area contributed by atoms with E-state index in [1.165, 1.54) is 24.0 Å². The Hall–Kier alpha value is -3.24. The lowest BCUT2D eigenvalue weighted by molar-refractivity contribution is 0.476. The maximum absolute atomic E-state index is 5.05. The topological polar surface area (TPSA) is 53.6 Å². The Morgan fingerprint density at radius 2 is 1.78 bits per heavy atom. The molecule has 0 amide bonds. The van der Waals surface area contributed by atoms with E-state index in [0.29, 0.717) is 6.04 Å². The van der Waals surface area contributed by atoms with E-state index in [0.717, 1.165) is 52.8 Å². The van der Waals surface area contributed by atoms with Gasteiger partial charge in [-0.15, -0.1) is 0 Å². The summed E-state index contributed by atoms with van der Waals surface area (Å²) in [6.07, 6.45) is 7.16. The van der Waals surface area contributed by atoms with Crippen molar-refractivity contribution >= 4 is 0 Å². The first kappa shape index (κ1) is 20.7. The highest BCUT2D eigenvalue weighted by molar-refractivity contribution is 5.81. The lowest BCUT2D eigenvalue weighted by Gasteiger charge is -2.15. The molecule has 1 atom stereocenters. The SMILES string of the molecule is CC(C)CCNC1CCc2cc(-c3nc(-c4ccccc4)[nH]c3-c3ccncc3)ccc21. The van der Waals surface area contributed by atoms with Gasteiger partial charge in [0.1, 0.15) is 5.82 Å². The lowest BCUT2D eigenvalue weighted by Crippen LogP contribution is -2.21. The van der Waals surface area contributed by atoms with Crippen LogP contribution in [-0.2, 0) is 6.42 Å². The zero-order valence-corrected chi connectivity index (χ0v) is 18.8. The van der Waals surface area contributed by atoms with E-state index < -0.39 is 0 Å². The van der Waals surface area contributed by atoms with E-state index in [1.807, 2.05) is 42.7 Å². The Kier molecular flexibility index (Phi) is 5.87. The van der Waals surface area contributed by atoms with Gasteiger partial charge in [-0.1, -0.05) is 56.3 Å². The fourth-order valence-electron chi connectivity index (χ4n) is 4.57. The minimum absolute atomic E-state index is 0.469. The van der Waals surface area contributed by atoms with Crippen molar-refractivity contribution in [1.29, 1.82) is 0 Å². The number of aromatic amines is 1. The number of hydrogen-bond acceptors (Lipinski definition) is 3. The number of fused-ring (bicyclic) bond motifs is 1. The molecule has 5 rings (SSSR count). The fourth-order valence-corrected chi connectivity index (χ4v) is 4.57. The molecule has 0 bridgehead atoms. The van der Waals surface area contributed by atoms with E-state index in [4.69, 9.17) is 4.98 Å². The van der Waals surface area contributed by atoms with Crippen LogP contribution in [0.15, 0.2) is 73.1 Å². The summed E-state index contributed by atoms with van der Waals surface area (Å²) in [4.78, 5) is 12.8. The molecule has 1 aliphatic rings. The molecule has 1 aliphatic carbocycles. The third-order valence-electron chi connectivity index (χ3n) is 6.33. The van der Waals surface area contributed by atoms with Crippen LogP contribution in [0.25, 0.3) is 33.9 Å². The van der Waals surface area contributed by atoms with Crippen LogP contribution >= 0.6 is 0 Å². The molecule has 0 saturated carbocycles. The third kappa shape index (κ3) is 4.23. The van der Waals surface area contributed by atoms with Gasteiger partial charge in [0.25, 0.3) is 0 Å². The maximum Gasteiger partial charge on any atom is 0.138 e. The van der Waals surface area contributed by atoms with E-state index in [9.17, 15) is 0 Å². The van der Waals surface area contributed by atoms with Crippen molar-refractivity contribution in [2.75, 3.05) is 6.54 Å². The Morgan fingerprint density at radius 1 is 0.969 bits per heavy atom. The number of benzene rings is 2. The summed E-state index contributed by atoms with van der Waals surface area (Å²) < 4.78 is 0. The van der Waals surface area contributed by atoms with Crippen molar-refractivity contribution in [3.63, 3.8) is 0 Å². The summed E-state index contributed by atoms with van der Waals surface area (Å²) in [6.45, 7) is 5.64. The van der Waals surface area contributed by atoms with Gasteiger partial charge >= 0.3 is 0 Å². The van der Waals surface area contributed by atoms with Crippen LogP contribution in [0.1, 0.15) is 43.9 Å². The normalized spacial score (nSPS) is 15.3. The molecule has 2 N–H and O–H groups in total. The second kappa shape index (κ2) is 9.09. The molecule has 2 heterocycles. The van der Waals surface area contributed by atoms with Crippen molar-refractivity contribution < 1.29 is 0 Å². The zero-order chi connectivity index (χ0) is 21.9. The average Bonchev–Trinajstić information content (AvgIpc) is 3.45. The maximum atomic E-state index is 5.05. The summed E-state index contributed by atoms with van der Waals surface area (Å²) in [5, 5.41) is 3.76. The number of aromatic nitrogens is 3. The number of aryl methyl sites for hydroxylation is 1. The van der Waals surface area contributed by atoms with Crippen LogP contribution < -0.4 is 5.32 Å². The van der Waals surface area contributed by atoms with Crippen molar-refractivity contribution in [2.24, 2.45) is 5.92 Å². The van der Waals surface area contributed by atoms with E-state index in [1.54, 1.807) is 0 Å². The highest BCUT2D eigenvalue weighted by Gasteiger charge is 2.24. The summed E-state index contributed by atoms with van der Waals surface area (Å²) in [7, 11) is 0. The lowest BCUT2D eigenvalue weighted by atomic mass is 10.0. The molecule has 0 aliphatic heterocycles. The Balaban J connectivity index is 1.50. The zero-order valence-electron chi connectivity index (χ0n) is 18.8. The monoisotopic (exact) mass is 422 g/mol. The van der Waals surface area contributed by atoms with Crippen molar-refractivity contribution in [2.45, 2.75) is 39.2 Å². The van der Waals surface area contributed by atoms with Crippen LogP contribution in [0.2, 0.25) is 0 Å². The molecule has 0 radical (unpaired) electrons. The minimum Gasteiger partial charge on any atom is -0.337 e. The summed E-state index contributed by atoms with van der Waals surface area (Å²) in [5.41, 5.74) is 8.26. The molecular weight excluding hydrogens is 392 g/mol. The van der Waals surface area contributed by atoms with Gasteiger partial charge in [0.2, 0.25) is 0 Å². The number of pyridine rings is 1. The second-order valence-electron chi connectivity index (χ2n) is 9.05. The van der Waals surface area contributed by atoms with Crippen LogP contribution in [0.3, 0.4) is 0 Å². The van der Waals surface area contributed by atoms with Gasteiger partial charge in [-0.25, -0.2) is 4.98 Å². The second-order valence-corrected chi connectivity index (χ2v) is 9.05. The van der Waals surface area contributed by atoms with Crippen LogP contribution in [-0.4, -0.2) is 21.5 Å². The van der Waals surface area contributed by atoms with Gasteiger partial charge in [-0.3, -0.25) is 4.98 Å². The molecule has 0 spiro atoms. The molecule has 162 valence electrons. The number of rotatable bonds is 7. The van der Waals surface area contributed by atoms with Crippen molar-refractivity contribution in [3.05, 3.63) is 84.2 Å². The number of H-pyrrole nitrogens is 1. The predicted octanol–water partition coefficient (Wildman–Crippen LogP) is 6.43.